The summed E-state index contributed by atoms with van der Waals surface area (Å²) in [5, 5.41) is 2.10. The summed E-state index contributed by atoms with van der Waals surface area (Å²) in [5.74, 6) is -0.467. The highest BCUT2D eigenvalue weighted by molar-refractivity contribution is 6.27. The first-order chi connectivity index (χ1) is 10.8. The fraction of sp³-hybridized carbons (Fsp3) is 0.875. The molecule has 2 amide bonds. The number of imide groups is 1. The number of hydrogen-bond acceptors (Lipinski definition) is 4. The van der Waals surface area contributed by atoms with Crippen molar-refractivity contribution in [3.05, 3.63) is 0 Å². The number of alkyl carbamates (subject to hydrolysis) is 1. The maximum Gasteiger partial charge on any atom is 0.416 e. The van der Waals surface area contributed by atoms with E-state index in [0.29, 0.717) is 12.8 Å². The molecule has 5 nitrogen and oxygen atoms in total. The van der Waals surface area contributed by atoms with E-state index in [1.807, 2.05) is 0 Å². The van der Waals surface area contributed by atoms with Gasteiger partial charge in [0.05, 0.1) is 4.87 Å². The molecule has 0 aromatic heterocycles. The smallest absolute Gasteiger partial charge is 0.416 e. The Morgan fingerprint density at radius 2 is 2.09 bits per heavy atom. The molecule has 2 aliphatic rings. The molecule has 1 unspecified atom stereocenters. The Kier molecular flexibility index (Phi) is 6.20. The predicted molar refractivity (Wildman–Crippen MR) is 88.7 cm³/mol. The number of ether oxygens (including phenoxy) is 2. The van der Waals surface area contributed by atoms with Crippen LogP contribution in [0.1, 0.15) is 65.2 Å². The zero-order valence-electron chi connectivity index (χ0n) is 13.7. The molecule has 1 saturated heterocycles. The highest BCUT2D eigenvalue weighted by atomic mass is 35.5. The van der Waals surface area contributed by atoms with Crippen LogP contribution in [0.4, 0.5) is 4.79 Å². The van der Waals surface area contributed by atoms with Crippen molar-refractivity contribution in [3.63, 3.8) is 0 Å². The van der Waals surface area contributed by atoms with E-state index in [4.69, 9.17) is 32.7 Å². The molecule has 1 spiro atoms. The van der Waals surface area contributed by atoms with Crippen LogP contribution in [0.5, 0.6) is 0 Å². The van der Waals surface area contributed by atoms with Crippen molar-refractivity contribution < 1.29 is 19.1 Å². The first-order valence-electron chi connectivity index (χ1n) is 8.32. The fourth-order valence-electron chi connectivity index (χ4n) is 3.41. The molecule has 0 aromatic carbocycles. The van der Waals surface area contributed by atoms with Gasteiger partial charge in [0.15, 0.2) is 5.60 Å². The Labute approximate surface area is 147 Å². The summed E-state index contributed by atoms with van der Waals surface area (Å²) in [6.07, 6.45) is 5.81. The summed E-state index contributed by atoms with van der Waals surface area (Å²) < 4.78 is 10.9. The molecular formula is C16H25Cl2NO4. The van der Waals surface area contributed by atoms with Crippen molar-refractivity contribution in [1.29, 1.82) is 0 Å². The summed E-state index contributed by atoms with van der Waals surface area (Å²) in [4.78, 5) is 21.9. The van der Waals surface area contributed by atoms with Crippen LogP contribution in [-0.4, -0.2) is 34.1 Å². The summed E-state index contributed by atoms with van der Waals surface area (Å²) in [6.45, 7) is 3.41. The number of carbonyl (C=O) groups is 2. The van der Waals surface area contributed by atoms with Gasteiger partial charge in [-0.1, -0.05) is 32.6 Å². The van der Waals surface area contributed by atoms with Gasteiger partial charge in [0, 0.05) is 12.3 Å². The molecule has 7 heteroatoms. The minimum absolute atomic E-state index is 0.0141. The lowest BCUT2D eigenvalue weighted by Crippen LogP contribution is -2.48. The van der Waals surface area contributed by atoms with Crippen LogP contribution in [0, 0.1) is 0 Å². The zero-order chi connectivity index (χ0) is 17.1. The number of carbonyl (C=O) groups excluding carboxylic acids is 2. The SMILES string of the molecule is CCCCCC[C@]1(Cl)C[C@@H](Cl)CC[C@@]12OC2OC(=O)NC(C)=O. The Hall–Kier alpha value is -0.520. The van der Waals surface area contributed by atoms with Gasteiger partial charge in [-0.05, 0) is 25.7 Å². The summed E-state index contributed by atoms with van der Waals surface area (Å²) in [7, 11) is 0. The monoisotopic (exact) mass is 365 g/mol. The molecule has 1 aliphatic carbocycles. The number of amides is 2. The molecule has 1 aliphatic heterocycles. The minimum atomic E-state index is -0.794. The molecule has 132 valence electrons. The van der Waals surface area contributed by atoms with Crippen LogP contribution < -0.4 is 5.32 Å². The van der Waals surface area contributed by atoms with Crippen molar-refractivity contribution in [2.24, 2.45) is 0 Å². The highest BCUT2D eigenvalue weighted by Gasteiger charge is 2.72. The average molecular weight is 366 g/mol. The third kappa shape index (κ3) is 4.31. The maximum atomic E-state index is 11.6. The summed E-state index contributed by atoms with van der Waals surface area (Å²) in [5.41, 5.74) is -0.666. The highest BCUT2D eigenvalue weighted by Crippen LogP contribution is 2.60. The number of alkyl halides is 2. The predicted octanol–water partition coefficient (Wildman–Crippen LogP) is 4.09. The molecule has 2 fully saturated rings. The van der Waals surface area contributed by atoms with Crippen LogP contribution in [0.3, 0.4) is 0 Å². The maximum absolute atomic E-state index is 11.6. The van der Waals surface area contributed by atoms with Gasteiger partial charge >= 0.3 is 6.09 Å². The van der Waals surface area contributed by atoms with Crippen molar-refractivity contribution in [2.75, 3.05) is 0 Å². The Balaban J connectivity index is 1.97. The van der Waals surface area contributed by atoms with Crippen molar-refractivity contribution >= 4 is 35.2 Å². The molecule has 23 heavy (non-hydrogen) atoms. The quantitative estimate of drug-likeness (QED) is 0.437. The first kappa shape index (κ1) is 18.8. The molecule has 1 saturated carbocycles. The molecular weight excluding hydrogens is 341 g/mol. The summed E-state index contributed by atoms with van der Waals surface area (Å²) >= 11 is 13.2. The summed E-state index contributed by atoms with van der Waals surface area (Å²) in [6, 6.07) is 0. The number of halogens is 2. The van der Waals surface area contributed by atoms with Crippen LogP contribution in [0.2, 0.25) is 0 Å². The van der Waals surface area contributed by atoms with Gasteiger partial charge in [0.2, 0.25) is 12.2 Å². The van der Waals surface area contributed by atoms with Gasteiger partial charge in [-0.15, -0.1) is 23.2 Å². The van der Waals surface area contributed by atoms with Crippen LogP contribution in [0.25, 0.3) is 0 Å². The third-order valence-corrected chi connectivity index (χ3v) is 5.73. The van der Waals surface area contributed by atoms with Gasteiger partial charge in [0.1, 0.15) is 0 Å². The minimum Gasteiger partial charge on any atom is -0.416 e. The molecule has 1 N–H and O–H groups in total. The third-order valence-electron chi connectivity index (χ3n) is 4.69. The molecule has 2 rings (SSSR count). The fourth-order valence-corrected chi connectivity index (χ4v) is 4.41. The van der Waals surface area contributed by atoms with E-state index in [1.54, 1.807) is 0 Å². The Bertz CT molecular complexity index is 461. The number of unbranched alkanes of at least 4 members (excludes halogenated alkanes) is 3. The van der Waals surface area contributed by atoms with Crippen molar-refractivity contribution in [3.8, 4) is 0 Å². The Morgan fingerprint density at radius 3 is 2.74 bits per heavy atom. The van der Waals surface area contributed by atoms with Gasteiger partial charge in [-0.25, -0.2) is 4.79 Å². The van der Waals surface area contributed by atoms with Gasteiger partial charge < -0.3 is 9.47 Å². The second-order valence-electron chi connectivity index (χ2n) is 6.54. The molecule has 4 atom stereocenters. The van der Waals surface area contributed by atoms with Crippen LogP contribution >= 0.6 is 23.2 Å². The van der Waals surface area contributed by atoms with Crippen molar-refractivity contribution in [1.82, 2.24) is 5.32 Å². The van der Waals surface area contributed by atoms with Crippen LogP contribution in [-0.2, 0) is 14.3 Å². The number of epoxide rings is 1. The molecule has 0 radical (unpaired) electrons. The van der Waals surface area contributed by atoms with E-state index in [0.717, 1.165) is 32.1 Å². The number of nitrogens with one attached hydrogen (secondary N) is 1. The van der Waals surface area contributed by atoms with Crippen LogP contribution in [0.15, 0.2) is 0 Å². The van der Waals surface area contributed by atoms with E-state index >= 15 is 0 Å². The van der Waals surface area contributed by atoms with E-state index in [-0.39, 0.29) is 5.38 Å². The second-order valence-corrected chi connectivity index (χ2v) is 7.88. The topological polar surface area (TPSA) is 67.9 Å². The standard InChI is InChI=1S/C16H25Cl2NO4/c1-3-4-5-6-8-15(18)10-12(17)7-9-16(15)13(23-16)22-14(21)19-11(2)20/h12-13H,3-10H2,1-2H3,(H,19,20,21)/t12-,13?,15-,16-/m0/s1. The number of hydrogen-bond donors (Lipinski definition) is 1. The van der Waals surface area contributed by atoms with E-state index in [2.05, 4.69) is 12.2 Å². The molecule has 1 heterocycles. The lowest BCUT2D eigenvalue weighted by molar-refractivity contribution is -0.118. The van der Waals surface area contributed by atoms with Crippen molar-refractivity contribution in [2.45, 2.75) is 87.4 Å². The normalized spacial score (nSPS) is 35.8. The van der Waals surface area contributed by atoms with Gasteiger partial charge in [-0.3, -0.25) is 10.1 Å². The van der Waals surface area contributed by atoms with Gasteiger partial charge in [0.25, 0.3) is 0 Å². The number of rotatable bonds is 6. The van der Waals surface area contributed by atoms with Gasteiger partial charge in [-0.2, -0.15) is 0 Å². The van der Waals surface area contributed by atoms with E-state index in [1.165, 1.54) is 13.3 Å². The first-order valence-corrected chi connectivity index (χ1v) is 9.13. The lowest BCUT2D eigenvalue weighted by Gasteiger charge is -2.39. The Morgan fingerprint density at radius 1 is 1.35 bits per heavy atom. The largest absolute Gasteiger partial charge is 0.416 e. The zero-order valence-corrected chi connectivity index (χ0v) is 15.2. The second kappa shape index (κ2) is 7.58. The average Bonchev–Trinajstić information content (AvgIpc) is 3.13. The molecule has 0 aromatic rings. The van der Waals surface area contributed by atoms with E-state index in [9.17, 15) is 9.59 Å². The van der Waals surface area contributed by atoms with E-state index < -0.39 is 28.8 Å². The molecule has 0 bridgehead atoms. The lowest BCUT2D eigenvalue weighted by atomic mass is 9.75.